The molecule has 0 radical (unpaired) electrons. The second-order valence-corrected chi connectivity index (χ2v) is 5.69. The van der Waals surface area contributed by atoms with E-state index in [-0.39, 0.29) is 32.1 Å². The molecule has 0 spiro atoms. The quantitative estimate of drug-likeness (QED) is 0.845. The van der Waals surface area contributed by atoms with E-state index in [1.807, 2.05) is 6.07 Å². The van der Waals surface area contributed by atoms with Crippen LogP contribution in [0, 0.1) is 0 Å². The first kappa shape index (κ1) is 17.3. The summed E-state index contributed by atoms with van der Waals surface area (Å²) >= 11 is 0. The number of aromatic nitrogens is 3. The fourth-order valence-electron chi connectivity index (χ4n) is 2.61. The normalized spacial score (nSPS) is 16.0. The highest BCUT2D eigenvalue weighted by molar-refractivity contribution is 5.93. The van der Waals surface area contributed by atoms with Crippen molar-refractivity contribution in [2.24, 2.45) is 0 Å². The van der Waals surface area contributed by atoms with Crippen molar-refractivity contribution < 1.29 is 18.0 Å². The first-order valence-corrected chi connectivity index (χ1v) is 7.74. The van der Waals surface area contributed by atoms with Crippen molar-refractivity contribution >= 4 is 5.91 Å². The van der Waals surface area contributed by atoms with Crippen LogP contribution in [0.1, 0.15) is 10.4 Å². The van der Waals surface area contributed by atoms with Gasteiger partial charge in [0.2, 0.25) is 0 Å². The molecule has 6 nitrogen and oxygen atoms in total. The van der Waals surface area contributed by atoms with Gasteiger partial charge in [0, 0.05) is 44.8 Å². The number of pyridine rings is 1. The summed E-state index contributed by atoms with van der Waals surface area (Å²) < 4.78 is 37.2. The number of rotatable bonds is 3. The van der Waals surface area contributed by atoms with Crippen molar-refractivity contribution in [3.05, 3.63) is 42.4 Å². The van der Waals surface area contributed by atoms with E-state index in [9.17, 15) is 18.0 Å². The first-order chi connectivity index (χ1) is 11.9. The smallest absolute Gasteiger partial charge is 0.336 e. The minimum Gasteiger partial charge on any atom is -0.336 e. The molecule has 0 bridgehead atoms. The Bertz CT molecular complexity index is 713. The maximum Gasteiger partial charge on any atom is 0.401 e. The molecule has 1 aliphatic rings. The number of carbonyl (C=O) groups is 1. The Morgan fingerprint density at radius 1 is 1.04 bits per heavy atom. The van der Waals surface area contributed by atoms with Crippen molar-refractivity contribution in [2.75, 3.05) is 32.7 Å². The standard InChI is InChI=1S/C16H16F3N5O/c17-16(18,19)11-23-5-7-24(8-6-23)15(25)12-9-21-14(22-10-12)13-3-1-2-4-20-13/h1-4,9-10H,5-8,11H2. The molecular weight excluding hydrogens is 335 g/mol. The van der Waals surface area contributed by atoms with E-state index in [0.29, 0.717) is 17.1 Å². The number of halogens is 3. The van der Waals surface area contributed by atoms with Gasteiger partial charge in [0.05, 0.1) is 12.1 Å². The lowest BCUT2D eigenvalue weighted by atomic mass is 10.2. The molecule has 0 N–H and O–H groups in total. The molecule has 2 aromatic heterocycles. The Morgan fingerprint density at radius 2 is 1.72 bits per heavy atom. The Hall–Kier alpha value is -2.55. The lowest BCUT2D eigenvalue weighted by molar-refractivity contribution is -0.148. The van der Waals surface area contributed by atoms with Gasteiger partial charge in [-0.3, -0.25) is 14.7 Å². The third kappa shape index (κ3) is 4.50. The maximum atomic E-state index is 12.4. The number of alkyl halides is 3. The second kappa shape index (κ2) is 7.14. The molecule has 0 unspecified atom stereocenters. The summed E-state index contributed by atoms with van der Waals surface area (Å²) in [5.41, 5.74) is 0.909. The largest absolute Gasteiger partial charge is 0.401 e. The molecule has 1 aliphatic heterocycles. The van der Waals surface area contributed by atoms with Gasteiger partial charge in [0.25, 0.3) is 5.91 Å². The van der Waals surface area contributed by atoms with Gasteiger partial charge in [-0.2, -0.15) is 13.2 Å². The lowest BCUT2D eigenvalue weighted by Gasteiger charge is -2.34. The van der Waals surface area contributed by atoms with Crippen molar-refractivity contribution in [3.63, 3.8) is 0 Å². The minimum absolute atomic E-state index is 0.193. The summed E-state index contributed by atoms with van der Waals surface area (Å²) in [4.78, 5) is 27.7. The van der Waals surface area contributed by atoms with Crippen LogP contribution >= 0.6 is 0 Å². The average Bonchev–Trinajstić information content (AvgIpc) is 2.61. The van der Waals surface area contributed by atoms with Crippen LogP contribution in [-0.2, 0) is 0 Å². The summed E-state index contributed by atoms with van der Waals surface area (Å²) in [6, 6.07) is 5.35. The Labute approximate surface area is 142 Å². The molecule has 1 saturated heterocycles. The monoisotopic (exact) mass is 351 g/mol. The van der Waals surface area contributed by atoms with E-state index < -0.39 is 12.7 Å². The lowest BCUT2D eigenvalue weighted by Crippen LogP contribution is -2.50. The molecule has 2 aromatic rings. The van der Waals surface area contributed by atoms with Gasteiger partial charge in [0.15, 0.2) is 5.82 Å². The van der Waals surface area contributed by atoms with E-state index in [1.165, 1.54) is 22.2 Å². The third-order valence-electron chi connectivity index (χ3n) is 3.86. The zero-order valence-corrected chi connectivity index (χ0v) is 13.3. The highest BCUT2D eigenvalue weighted by Crippen LogP contribution is 2.18. The number of nitrogens with zero attached hydrogens (tertiary/aromatic N) is 5. The summed E-state index contributed by atoms with van der Waals surface area (Å²) in [6.45, 7) is -0.0685. The average molecular weight is 351 g/mol. The van der Waals surface area contributed by atoms with Crippen LogP contribution in [0.25, 0.3) is 11.5 Å². The van der Waals surface area contributed by atoms with Crippen LogP contribution < -0.4 is 0 Å². The van der Waals surface area contributed by atoms with E-state index >= 15 is 0 Å². The first-order valence-electron chi connectivity index (χ1n) is 7.74. The summed E-state index contributed by atoms with van der Waals surface area (Å²) in [5.74, 6) is 0.131. The summed E-state index contributed by atoms with van der Waals surface area (Å²) in [5, 5.41) is 0. The third-order valence-corrected chi connectivity index (χ3v) is 3.86. The maximum absolute atomic E-state index is 12.4. The van der Waals surface area contributed by atoms with Crippen LogP contribution in [0.5, 0.6) is 0 Å². The minimum atomic E-state index is -4.22. The van der Waals surface area contributed by atoms with E-state index in [1.54, 1.807) is 18.3 Å². The summed E-state index contributed by atoms with van der Waals surface area (Å²) in [7, 11) is 0. The molecule has 0 aromatic carbocycles. The van der Waals surface area contributed by atoms with E-state index in [4.69, 9.17) is 0 Å². The van der Waals surface area contributed by atoms with Gasteiger partial charge in [-0.15, -0.1) is 0 Å². The van der Waals surface area contributed by atoms with Crippen molar-refractivity contribution in [3.8, 4) is 11.5 Å². The number of carbonyl (C=O) groups excluding carboxylic acids is 1. The van der Waals surface area contributed by atoms with Crippen molar-refractivity contribution in [1.82, 2.24) is 24.8 Å². The molecule has 0 atom stereocenters. The molecule has 25 heavy (non-hydrogen) atoms. The fourth-order valence-corrected chi connectivity index (χ4v) is 2.61. The molecule has 9 heteroatoms. The number of hydrogen-bond donors (Lipinski definition) is 0. The Kier molecular flexibility index (Phi) is 4.93. The zero-order valence-electron chi connectivity index (χ0n) is 13.3. The molecule has 1 amide bonds. The predicted octanol–water partition coefficient (Wildman–Crippen LogP) is 1.86. The second-order valence-electron chi connectivity index (χ2n) is 5.69. The van der Waals surface area contributed by atoms with E-state index in [0.717, 1.165) is 0 Å². The summed E-state index contributed by atoms with van der Waals surface area (Å²) in [6.07, 6.45) is 0.238. The van der Waals surface area contributed by atoms with Crippen LogP contribution in [0.4, 0.5) is 13.2 Å². The molecular formula is C16H16F3N5O. The van der Waals surface area contributed by atoms with Crippen molar-refractivity contribution in [1.29, 1.82) is 0 Å². The molecule has 3 heterocycles. The highest BCUT2D eigenvalue weighted by atomic mass is 19.4. The number of piperazine rings is 1. The number of amides is 1. The van der Waals surface area contributed by atoms with Crippen molar-refractivity contribution in [2.45, 2.75) is 6.18 Å². The van der Waals surface area contributed by atoms with Crippen LogP contribution in [0.2, 0.25) is 0 Å². The van der Waals surface area contributed by atoms with Crippen LogP contribution in [0.15, 0.2) is 36.8 Å². The Morgan fingerprint density at radius 3 is 2.28 bits per heavy atom. The van der Waals surface area contributed by atoms with E-state index in [2.05, 4.69) is 15.0 Å². The molecule has 0 saturated carbocycles. The molecule has 3 rings (SSSR count). The number of hydrogen-bond acceptors (Lipinski definition) is 5. The van der Waals surface area contributed by atoms with Gasteiger partial charge < -0.3 is 4.90 Å². The van der Waals surface area contributed by atoms with Gasteiger partial charge in [-0.05, 0) is 12.1 Å². The Balaban J connectivity index is 1.61. The van der Waals surface area contributed by atoms with Crippen LogP contribution in [-0.4, -0.2) is 69.6 Å². The zero-order chi connectivity index (χ0) is 17.9. The highest BCUT2D eigenvalue weighted by Gasteiger charge is 2.33. The van der Waals surface area contributed by atoms with Gasteiger partial charge >= 0.3 is 6.18 Å². The predicted molar refractivity (Wildman–Crippen MR) is 83.7 cm³/mol. The molecule has 1 fully saturated rings. The SMILES string of the molecule is O=C(c1cnc(-c2ccccn2)nc1)N1CCN(CC(F)(F)F)CC1. The topological polar surface area (TPSA) is 62.2 Å². The van der Waals surface area contributed by atoms with Gasteiger partial charge in [-0.1, -0.05) is 6.07 Å². The molecule has 132 valence electrons. The van der Waals surface area contributed by atoms with Crippen LogP contribution in [0.3, 0.4) is 0 Å². The van der Waals surface area contributed by atoms with Gasteiger partial charge in [0.1, 0.15) is 5.69 Å². The van der Waals surface area contributed by atoms with Gasteiger partial charge in [-0.25, -0.2) is 9.97 Å². The fraction of sp³-hybridized carbons (Fsp3) is 0.375. The molecule has 0 aliphatic carbocycles.